The van der Waals surface area contributed by atoms with E-state index in [0.717, 1.165) is 0 Å². The van der Waals surface area contributed by atoms with Crippen molar-refractivity contribution < 1.29 is 13.7 Å². The lowest BCUT2D eigenvalue weighted by molar-refractivity contribution is 0.102. The van der Waals surface area contributed by atoms with Gasteiger partial charge in [0.1, 0.15) is 11.5 Å². The third kappa shape index (κ3) is 3.38. The molecule has 1 amide bonds. The average molecular weight is 457 g/mol. The van der Waals surface area contributed by atoms with Gasteiger partial charge in [-0.25, -0.2) is 14.1 Å². The number of carbonyl (C=O) groups excluding carboxylic acids is 1. The number of aromatic nitrogens is 4. The van der Waals surface area contributed by atoms with E-state index >= 15 is 0 Å². The lowest BCUT2D eigenvalue weighted by Crippen LogP contribution is -2.23. The lowest BCUT2D eigenvalue weighted by Gasteiger charge is -2.08. The molecule has 0 saturated heterocycles. The smallest absolute Gasteiger partial charge is 0.295 e. The van der Waals surface area contributed by atoms with Crippen LogP contribution in [0.4, 0.5) is 10.1 Å². The fraction of sp³-hybridized carbons (Fsp3) is 0.120. The predicted molar refractivity (Wildman–Crippen MR) is 126 cm³/mol. The normalized spacial score (nSPS) is 11.2. The van der Waals surface area contributed by atoms with E-state index in [0.29, 0.717) is 22.5 Å². The van der Waals surface area contributed by atoms with E-state index in [-0.39, 0.29) is 33.8 Å². The molecule has 5 rings (SSSR count). The number of pyridine rings is 1. The first-order valence-electron chi connectivity index (χ1n) is 10.5. The van der Waals surface area contributed by atoms with Crippen LogP contribution >= 0.6 is 0 Å². The molecule has 3 aromatic heterocycles. The molecule has 1 N–H and O–H groups in total. The van der Waals surface area contributed by atoms with Crippen molar-refractivity contribution in [2.24, 2.45) is 7.05 Å². The molecular formula is C25H20FN5O3. The summed E-state index contributed by atoms with van der Waals surface area (Å²) in [5.41, 5.74) is 2.19. The highest BCUT2D eigenvalue weighted by Gasteiger charge is 2.23. The fourth-order valence-electron chi connectivity index (χ4n) is 3.97. The average Bonchev–Trinajstić information content (AvgIpc) is 3.31. The highest BCUT2D eigenvalue weighted by atomic mass is 19.1. The summed E-state index contributed by atoms with van der Waals surface area (Å²) < 4.78 is 22.9. The van der Waals surface area contributed by atoms with Crippen LogP contribution in [0.5, 0.6) is 0 Å². The predicted octanol–water partition coefficient (Wildman–Crippen LogP) is 4.39. The van der Waals surface area contributed by atoms with Crippen molar-refractivity contribution in [2.45, 2.75) is 13.8 Å². The second-order valence-electron chi connectivity index (χ2n) is 7.87. The summed E-state index contributed by atoms with van der Waals surface area (Å²) >= 11 is 0. The molecule has 8 nitrogen and oxygen atoms in total. The Morgan fingerprint density at radius 3 is 2.50 bits per heavy atom. The largest absolute Gasteiger partial charge is 0.335 e. The van der Waals surface area contributed by atoms with Gasteiger partial charge in [-0.2, -0.15) is 0 Å². The highest BCUT2D eigenvalue weighted by molar-refractivity contribution is 6.13. The van der Waals surface area contributed by atoms with E-state index in [1.54, 1.807) is 55.9 Å². The van der Waals surface area contributed by atoms with Crippen LogP contribution in [0, 0.1) is 19.7 Å². The Hall–Kier alpha value is -4.53. The molecule has 0 bridgehead atoms. The Bertz CT molecular complexity index is 1620. The number of nitrogens with zero attached hydrogens (tertiary/aromatic N) is 4. The first kappa shape index (κ1) is 21.3. The van der Waals surface area contributed by atoms with E-state index in [9.17, 15) is 14.0 Å². The number of para-hydroxylation sites is 1. The molecule has 2 aromatic carbocycles. The topological polar surface area (TPSA) is 94.9 Å². The maximum absolute atomic E-state index is 14.4. The number of aryl methyl sites for hydroxylation is 1. The van der Waals surface area contributed by atoms with Gasteiger partial charge in [-0.15, -0.1) is 0 Å². The monoisotopic (exact) mass is 457 g/mol. The Kier molecular flexibility index (Phi) is 5.09. The van der Waals surface area contributed by atoms with Crippen molar-refractivity contribution in [2.75, 3.05) is 5.32 Å². The number of halogens is 1. The molecule has 0 aliphatic heterocycles. The van der Waals surface area contributed by atoms with Gasteiger partial charge in [-0.05, 0) is 44.2 Å². The van der Waals surface area contributed by atoms with Crippen LogP contribution in [-0.2, 0) is 7.05 Å². The zero-order valence-corrected chi connectivity index (χ0v) is 18.7. The molecular weight excluding hydrogens is 437 g/mol. The molecule has 34 heavy (non-hydrogen) atoms. The summed E-state index contributed by atoms with van der Waals surface area (Å²) in [6.07, 6.45) is 0. The lowest BCUT2D eigenvalue weighted by atomic mass is 10.0. The minimum atomic E-state index is -0.553. The quantitative estimate of drug-likeness (QED) is 0.432. The molecule has 0 aliphatic carbocycles. The number of nitrogens with one attached hydrogen (secondary N) is 1. The maximum Gasteiger partial charge on any atom is 0.295 e. The molecule has 9 heteroatoms. The summed E-state index contributed by atoms with van der Waals surface area (Å²) in [7, 11) is 1.74. The third-order valence-corrected chi connectivity index (χ3v) is 5.80. The van der Waals surface area contributed by atoms with Crippen LogP contribution in [-0.4, -0.2) is 25.4 Å². The standard InChI is InChI=1S/C25H20FN5O3/c1-14-21-18(13-20(27-24(21)34-29-14)17-11-7-8-12-19(17)26)23(32)28-22-15(2)30(3)31(25(22)33)16-9-5-4-6-10-16/h4-13H,1-3H3,(H,28,32). The fourth-order valence-corrected chi connectivity index (χ4v) is 3.97. The Morgan fingerprint density at radius 2 is 1.76 bits per heavy atom. The van der Waals surface area contributed by atoms with Gasteiger partial charge in [0.2, 0.25) is 0 Å². The van der Waals surface area contributed by atoms with Crippen molar-refractivity contribution in [3.63, 3.8) is 0 Å². The maximum atomic E-state index is 14.4. The molecule has 5 aromatic rings. The van der Waals surface area contributed by atoms with Gasteiger partial charge in [0.25, 0.3) is 17.2 Å². The molecule has 0 fully saturated rings. The molecule has 3 heterocycles. The summed E-state index contributed by atoms with van der Waals surface area (Å²) in [6.45, 7) is 3.43. The minimum Gasteiger partial charge on any atom is -0.335 e. The van der Waals surface area contributed by atoms with Crippen molar-refractivity contribution >= 4 is 22.7 Å². The molecule has 0 atom stereocenters. The first-order valence-corrected chi connectivity index (χ1v) is 10.5. The summed E-state index contributed by atoms with van der Waals surface area (Å²) in [4.78, 5) is 31.0. The second kappa shape index (κ2) is 8.11. The molecule has 0 spiro atoms. The minimum absolute atomic E-state index is 0.106. The van der Waals surface area contributed by atoms with E-state index in [1.807, 2.05) is 18.2 Å². The molecule has 170 valence electrons. The van der Waals surface area contributed by atoms with Crippen LogP contribution in [0.2, 0.25) is 0 Å². The van der Waals surface area contributed by atoms with Crippen LogP contribution in [0.1, 0.15) is 21.7 Å². The summed E-state index contributed by atoms with van der Waals surface area (Å²) in [5, 5.41) is 7.06. The van der Waals surface area contributed by atoms with E-state index in [2.05, 4.69) is 15.5 Å². The van der Waals surface area contributed by atoms with Gasteiger partial charge in [0.15, 0.2) is 0 Å². The molecule has 0 unspecified atom stereocenters. The number of carbonyl (C=O) groups is 1. The number of amides is 1. The number of hydrogen-bond acceptors (Lipinski definition) is 5. The zero-order chi connectivity index (χ0) is 24.0. The van der Waals surface area contributed by atoms with Crippen molar-refractivity contribution in [1.29, 1.82) is 0 Å². The first-order chi connectivity index (χ1) is 16.4. The zero-order valence-electron chi connectivity index (χ0n) is 18.7. The van der Waals surface area contributed by atoms with Crippen LogP contribution in [0.15, 0.2) is 70.0 Å². The van der Waals surface area contributed by atoms with E-state index in [4.69, 9.17) is 4.52 Å². The van der Waals surface area contributed by atoms with E-state index < -0.39 is 11.7 Å². The van der Waals surface area contributed by atoms with Crippen LogP contribution < -0.4 is 10.9 Å². The van der Waals surface area contributed by atoms with Gasteiger partial charge in [0.05, 0.1) is 33.7 Å². The van der Waals surface area contributed by atoms with E-state index in [1.165, 1.54) is 16.8 Å². The van der Waals surface area contributed by atoms with Crippen molar-refractivity contribution in [1.82, 2.24) is 19.5 Å². The van der Waals surface area contributed by atoms with Gasteiger partial charge in [0, 0.05) is 12.6 Å². The number of hydrogen-bond donors (Lipinski definition) is 1. The number of fused-ring (bicyclic) bond motifs is 1. The Morgan fingerprint density at radius 1 is 1.06 bits per heavy atom. The number of anilines is 1. The third-order valence-electron chi connectivity index (χ3n) is 5.80. The van der Waals surface area contributed by atoms with Crippen molar-refractivity contribution in [3.05, 3.63) is 93.8 Å². The van der Waals surface area contributed by atoms with Gasteiger partial charge < -0.3 is 9.84 Å². The Balaban J connectivity index is 1.62. The Labute approximate surface area is 193 Å². The summed E-state index contributed by atoms with van der Waals surface area (Å²) in [5.74, 6) is -1.04. The van der Waals surface area contributed by atoms with Crippen molar-refractivity contribution in [3.8, 4) is 16.9 Å². The van der Waals surface area contributed by atoms with Crippen LogP contribution in [0.25, 0.3) is 28.0 Å². The van der Waals surface area contributed by atoms with Gasteiger partial charge in [-0.3, -0.25) is 14.3 Å². The number of benzene rings is 2. The van der Waals surface area contributed by atoms with Gasteiger partial charge >= 0.3 is 0 Å². The number of rotatable bonds is 4. The van der Waals surface area contributed by atoms with Gasteiger partial charge in [-0.1, -0.05) is 35.5 Å². The highest BCUT2D eigenvalue weighted by Crippen LogP contribution is 2.29. The SMILES string of the molecule is Cc1noc2nc(-c3ccccc3F)cc(C(=O)Nc3c(C)n(C)n(-c4ccccc4)c3=O)c12. The van der Waals surface area contributed by atoms with Crippen LogP contribution in [0.3, 0.4) is 0 Å². The molecule has 0 aliphatic rings. The molecule has 0 radical (unpaired) electrons. The second-order valence-corrected chi connectivity index (χ2v) is 7.87. The summed E-state index contributed by atoms with van der Waals surface area (Å²) in [6, 6.07) is 16.7. The molecule has 0 saturated carbocycles.